The molecule has 0 amide bonds. The smallest absolute Gasteiger partial charge is 0.216 e. The van der Waals surface area contributed by atoms with Gasteiger partial charge in [-0.1, -0.05) is 13.8 Å². The van der Waals surface area contributed by atoms with Crippen molar-refractivity contribution in [1.29, 1.82) is 0 Å². The Balaban J connectivity index is 2.05. The van der Waals surface area contributed by atoms with Crippen molar-refractivity contribution in [3.63, 3.8) is 0 Å². The van der Waals surface area contributed by atoms with Gasteiger partial charge in [-0.2, -0.15) is 0 Å². The van der Waals surface area contributed by atoms with E-state index in [0.717, 1.165) is 13.0 Å². The molecule has 78 valence electrons. The monoisotopic (exact) mass is 195 g/mol. The maximum Gasteiger partial charge on any atom is 0.216 e. The highest BCUT2D eigenvalue weighted by molar-refractivity contribution is 5.03. The molecule has 1 rings (SSSR count). The van der Waals surface area contributed by atoms with Crippen molar-refractivity contribution in [2.75, 3.05) is 13.2 Å². The average molecular weight is 195 g/mol. The van der Waals surface area contributed by atoms with Crippen LogP contribution in [0.4, 0.5) is 0 Å². The van der Waals surface area contributed by atoms with Gasteiger partial charge in [-0.25, -0.2) is 9.97 Å². The summed E-state index contributed by atoms with van der Waals surface area (Å²) in [4.78, 5) is 7.77. The molecule has 0 unspecified atom stereocenters. The van der Waals surface area contributed by atoms with E-state index < -0.39 is 0 Å². The Morgan fingerprint density at radius 1 is 1.50 bits per heavy atom. The lowest BCUT2D eigenvalue weighted by Crippen LogP contribution is -2.24. The number of hydrogen-bond donors (Lipinski definition) is 1. The lowest BCUT2D eigenvalue weighted by Gasteiger charge is -2.08. The van der Waals surface area contributed by atoms with Crippen molar-refractivity contribution in [2.45, 2.75) is 26.3 Å². The summed E-state index contributed by atoms with van der Waals surface area (Å²) in [5, 5.41) is 3.32. The zero-order chi connectivity index (χ0) is 10.2. The quantitative estimate of drug-likeness (QED) is 0.694. The zero-order valence-electron chi connectivity index (χ0n) is 8.73. The highest BCUT2D eigenvalue weighted by atomic mass is 16.5. The average Bonchev–Trinajstić information content (AvgIpc) is 2.18. The summed E-state index contributed by atoms with van der Waals surface area (Å²) in [6, 6.07) is 2.30. The lowest BCUT2D eigenvalue weighted by molar-refractivity contribution is 0.294. The van der Waals surface area contributed by atoms with Gasteiger partial charge < -0.3 is 10.1 Å². The molecule has 0 fully saturated rings. The molecular weight excluding hydrogens is 178 g/mol. The minimum absolute atomic E-state index is 0.536. The molecule has 0 spiro atoms. The van der Waals surface area contributed by atoms with Crippen molar-refractivity contribution in [2.24, 2.45) is 0 Å². The second-order valence-corrected chi connectivity index (χ2v) is 3.36. The van der Waals surface area contributed by atoms with Gasteiger partial charge >= 0.3 is 0 Å². The third-order valence-corrected chi connectivity index (χ3v) is 1.68. The molecule has 0 saturated carbocycles. The maximum absolute atomic E-state index is 5.40. The molecule has 1 aromatic heterocycles. The van der Waals surface area contributed by atoms with Crippen LogP contribution < -0.4 is 10.1 Å². The van der Waals surface area contributed by atoms with E-state index in [4.69, 9.17) is 4.74 Å². The van der Waals surface area contributed by atoms with Crippen LogP contribution in [-0.4, -0.2) is 29.2 Å². The van der Waals surface area contributed by atoms with Crippen molar-refractivity contribution >= 4 is 0 Å². The standard InChI is InChI=1S/C10H17N3O/c1-9(2)12-5-3-7-14-10-4-6-11-8-13-10/h4,6,8-9,12H,3,5,7H2,1-2H3. The summed E-state index contributed by atoms with van der Waals surface area (Å²) in [6.45, 7) is 5.93. The number of aromatic nitrogens is 2. The first-order valence-electron chi connectivity index (χ1n) is 4.91. The van der Waals surface area contributed by atoms with Crippen LogP contribution >= 0.6 is 0 Å². The van der Waals surface area contributed by atoms with E-state index in [9.17, 15) is 0 Å². The molecule has 0 aliphatic rings. The highest BCUT2D eigenvalue weighted by Gasteiger charge is 1.94. The highest BCUT2D eigenvalue weighted by Crippen LogP contribution is 2.01. The summed E-state index contributed by atoms with van der Waals surface area (Å²) in [5.41, 5.74) is 0. The molecule has 4 nitrogen and oxygen atoms in total. The fraction of sp³-hybridized carbons (Fsp3) is 0.600. The number of nitrogens with zero attached hydrogens (tertiary/aromatic N) is 2. The first kappa shape index (κ1) is 10.9. The van der Waals surface area contributed by atoms with E-state index in [1.807, 2.05) is 0 Å². The van der Waals surface area contributed by atoms with E-state index in [1.54, 1.807) is 12.3 Å². The van der Waals surface area contributed by atoms with Crippen molar-refractivity contribution < 1.29 is 4.74 Å². The van der Waals surface area contributed by atoms with E-state index >= 15 is 0 Å². The number of nitrogens with one attached hydrogen (secondary N) is 1. The summed E-state index contributed by atoms with van der Waals surface area (Å²) >= 11 is 0. The summed E-state index contributed by atoms with van der Waals surface area (Å²) in [7, 11) is 0. The third-order valence-electron chi connectivity index (χ3n) is 1.68. The van der Waals surface area contributed by atoms with E-state index in [2.05, 4.69) is 29.1 Å². The molecule has 0 aromatic carbocycles. The van der Waals surface area contributed by atoms with Crippen molar-refractivity contribution in [1.82, 2.24) is 15.3 Å². The first-order valence-corrected chi connectivity index (χ1v) is 4.91. The van der Waals surface area contributed by atoms with Crippen LogP contribution in [0.25, 0.3) is 0 Å². The minimum atomic E-state index is 0.536. The van der Waals surface area contributed by atoms with Gasteiger partial charge in [0, 0.05) is 18.3 Å². The van der Waals surface area contributed by atoms with Gasteiger partial charge in [-0.15, -0.1) is 0 Å². The summed E-state index contributed by atoms with van der Waals surface area (Å²) in [5.74, 6) is 0.643. The predicted molar refractivity (Wildman–Crippen MR) is 55.3 cm³/mol. The Hall–Kier alpha value is -1.16. The summed E-state index contributed by atoms with van der Waals surface area (Å²) < 4.78 is 5.40. The largest absolute Gasteiger partial charge is 0.478 e. The molecule has 0 atom stereocenters. The molecule has 0 radical (unpaired) electrons. The van der Waals surface area contributed by atoms with Gasteiger partial charge in [0.15, 0.2) is 0 Å². The van der Waals surface area contributed by atoms with Gasteiger partial charge in [0.05, 0.1) is 6.61 Å². The van der Waals surface area contributed by atoms with Crippen molar-refractivity contribution in [3.8, 4) is 5.88 Å². The Morgan fingerprint density at radius 2 is 2.36 bits per heavy atom. The fourth-order valence-corrected chi connectivity index (χ4v) is 1.00. The molecule has 1 aromatic rings. The zero-order valence-corrected chi connectivity index (χ0v) is 8.73. The van der Waals surface area contributed by atoms with Crippen LogP contribution in [0.15, 0.2) is 18.6 Å². The Kier molecular flexibility index (Phi) is 4.93. The van der Waals surface area contributed by atoms with E-state index in [-0.39, 0.29) is 0 Å². The Morgan fingerprint density at radius 3 is 3.00 bits per heavy atom. The first-order chi connectivity index (χ1) is 6.79. The maximum atomic E-state index is 5.40. The van der Waals surface area contributed by atoms with Crippen LogP contribution in [0, 0.1) is 0 Å². The normalized spacial score (nSPS) is 10.5. The molecular formula is C10H17N3O. The third kappa shape index (κ3) is 4.77. The lowest BCUT2D eigenvalue weighted by atomic mass is 10.3. The Bertz CT molecular complexity index is 238. The fourth-order valence-electron chi connectivity index (χ4n) is 1.00. The van der Waals surface area contributed by atoms with Crippen LogP contribution in [0.1, 0.15) is 20.3 Å². The second kappa shape index (κ2) is 6.32. The molecule has 1 N–H and O–H groups in total. The van der Waals surface area contributed by atoms with Crippen LogP contribution in [0.2, 0.25) is 0 Å². The number of rotatable bonds is 6. The second-order valence-electron chi connectivity index (χ2n) is 3.36. The minimum Gasteiger partial charge on any atom is -0.478 e. The van der Waals surface area contributed by atoms with Crippen LogP contribution in [0.3, 0.4) is 0 Å². The topological polar surface area (TPSA) is 47.0 Å². The molecule has 4 heteroatoms. The van der Waals surface area contributed by atoms with Crippen LogP contribution in [-0.2, 0) is 0 Å². The number of hydrogen-bond acceptors (Lipinski definition) is 4. The molecule has 0 bridgehead atoms. The van der Waals surface area contributed by atoms with Crippen LogP contribution in [0.5, 0.6) is 5.88 Å². The van der Waals surface area contributed by atoms with Crippen molar-refractivity contribution in [3.05, 3.63) is 18.6 Å². The molecule has 0 aliphatic carbocycles. The number of ether oxygens (including phenoxy) is 1. The van der Waals surface area contributed by atoms with E-state index in [1.165, 1.54) is 6.33 Å². The molecule has 0 saturated heterocycles. The predicted octanol–water partition coefficient (Wildman–Crippen LogP) is 1.24. The Labute approximate surface area is 84.7 Å². The molecule has 1 heterocycles. The summed E-state index contributed by atoms with van der Waals surface area (Å²) in [6.07, 6.45) is 4.15. The molecule has 0 aliphatic heterocycles. The molecule has 14 heavy (non-hydrogen) atoms. The van der Waals surface area contributed by atoms with Gasteiger partial charge in [-0.05, 0) is 13.0 Å². The van der Waals surface area contributed by atoms with Gasteiger partial charge in [0.1, 0.15) is 6.33 Å². The van der Waals surface area contributed by atoms with E-state index in [0.29, 0.717) is 18.5 Å². The SMILES string of the molecule is CC(C)NCCCOc1ccncn1. The van der Waals surface area contributed by atoms with Gasteiger partial charge in [0.25, 0.3) is 0 Å². The van der Waals surface area contributed by atoms with Gasteiger partial charge in [0.2, 0.25) is 5.88 Å². The van der Waals surface area contributed by atoms with Gasteiger partial charge in [-0.3, -0.25) is 0 Å².